The molecule has 1 fully saturated rings. The minimum atomic E-state index is 0.128. The monoisotopic (exact) mass is 352 g/mol. The molecule has 0 aliphatic carbocycles. The van der Waals surface area contributed by atoms with E-state index < -0.39 is 0 Å². The normalized spacial score (nSPS) is 21.9. The highest BCUT2D eigenvalue weighted by Crippen LogP contribution is 2.35. The van der Waals surface area contributed by atoms with E-state index in [0.29, 0.717) is 5.92 Å². The van der Waals surface area contributed by atoms with Crippen molar-refractivity contribution in [1.82, 2.24) is 4.90 Å². The van der Waals surface area contributed by atoms with Crippen molar-refractivity contribution in [3.05, 3.63) is 59.2 Å². The fourth-order valence-corrected chi connectivity index (χ4v) is 3.85. The third-order valence-corrected chi connectivity index (χ3v) is 5.21. The molecule has 0 N–H and O–H groups in total. The second kappa shape index (κ2) is 7.00. The Morgan fingerprint density at radius 1 is 1.08 bits per heavy atom. The summed E-state index contributed by atoms with van der Waals surface area (Å²) >= 11 is 0. The van der Waals surface area contributed by atoms with E-state index in [9.17, 15) is 0 Å². The van der Waals surface area contributed by atoms with E-state index in [1.807, 2.05) is 12.1 Å². The summed E-state index contributed by atoms with van der Waals surface area (Å²) in [7, 11) is 3.35. The Bertz CT molecular complexity index is 817. The minimum absolute atomic E-state index is 0.128. The maximum absolute atomic E-state index is 5.73. The van der Waals surface area contributed by atoms with E-state index in [2.05, 4.69) is 47.3 Å². The number of aryl methyl sites for hydroxylation is 1. The Hall–Kier alpha value is -2.53. The zero-order chi connectivity index (χ0) is 18.1. The van der Waals surface area contributed by atoms with Crippen LogP contribution in [0.2, 0.25) is 0 Å². The molecule has 2 atom stereocenters. The summed E-state index contributed by atoms with van der Waals surface area (Å²) in [5.74, 6) is 1.89. The summed E-state index contributed by atoms with van der Waals surface area (Å²) in [5.41, 5.74) is 4.60. The number of oxime groups is 1. The van der Waals surface area contributed by atoms with Gasteiger partial charge in [-0.05, 0) is 18.6 Å². The first kappa shape index (κ1) is 16.9. The highest BCUT2D eigenvalue weighted by atomic mass is 16.6. The largest absolute Gasteiger partial charge is 0.493 e. The summed E-state index contributed by atoms with van der Waals surface area (Å²) in [6.07, 6.45) is 0.128. The second-order valence-corrected chi connectivity index (χ2v) is 6.94. The van der Waals surface area contributed by atoms with Gasteiger partial charge < -0.3 is 14.3 Å². The number of fused-ring (bicyclic) bond motifs is 1. The van der Waals surface area contributed by atoms with Crippen LogP contribution in [0.5, 0.6) is 11.5 Å². The van der Waals surface area contributed by atoms with Crippen molar-refractivity contribution >= 4 is 5.71 Å². The molecule has 2 aliphatic heterocycles. The molecular weight excluding hydrogens is 328 g/mol. The molecule has 0 aromatic heterocycles. The van der Waals surface area contributed by atoms with Gasteiger partial charge in [0.2, 0.25) is 0 Å². The number of benzene rings is 2. The van der Waals surface area contributed by atoms with E-state index in [1.165, 1.54) is 5.56 Å². The van der Waals surface area contributed by atoms with Crippen molar-refractivity contribution in [3.8, 4) is 11.5 Å². The lowest BCUT2D eigenvalue weighted by molar-refractivity contribution is 0.0744. The van der Waals surface area contributed by atoms with Crippen LogP contribution in [-0.2, 0) is 11.4 Å². The Kier molecular flexibility index (Phi) is 4.55. The first-order chi connectivity index (χ1) is 12.7. The van der Waals surface area contributed by atoms with Gasteiger partial charge in [0.25, 0.3) is 0 Å². The lowest BCUT2D eigenvalue weighted by Crippen LogP contribution is -2.23. The molecule has 2 aliphatic rings. The van der Waals surface area contributed by atoms with Gasteiger partial charge >= 0.3 is 0 Å². The molecule has 136 valence electrons. The molecule has 0 unspecified atom stereocenters. The average Bonchev–Trinajstić information content (AvgIpc) is 3.22. The van der Waals surface area contributed by atoms with Gasteiger partial charge in [0.05, 0.1) is 25.8 Å². The first-order valence-corrected chi connectivity index (χ1v) is 8.92. The predicted molar refractivity (Wildman–Crippen MR) is 101 cm³/mol. The number of likely N-dealkylation sites (tertiary alicyclic amines) is 1. The Labute approximate surface area is 154 Å². The van der Waals surface area contributed by atoms with E-state index in [1.54, 1.807) is 14.2 Å². The molecular formula is C21H24N2O3. The van der Waals surface area contributed by atoms with Gasteiger partial charge in [0.15, 0.2) is 11.5 Å². The summed E-state index contributed by atoms with van der Waals surface area (Å²) in [6, 6.07) is 14.5. The lowest BCUT2D eigenvalue weighted by atomic mass is 9.94. The number of para-hydroxylation sites is 1. The molecule has 0 bridgehead atoms. The molecule has 4 rings (SSSR count). The zero-order valence-electron chi connectivity index (χ0n) is 15.4. The van der Waals surface area contributed by atoms with Gasteiger partial charge in [0, 0.05) is 25.2 Å². The fraction of sp³-hybridized carbons (Fsp3) is 0.381. The van der Waals surface area contributed by atoms with Crippen molar-refractivity contribution < 1.29 is 14.3 Å². The molecule has 5 nitrogen and oxygen atoms in total. The molecule has 1 saturated heterocycles. The van der Waals surface area contributed by atoms with Crippen LogP contribution in [0, 0.1) is 12.8 Å². The fourth-order valence-electron chi connectivity index (χ4n) is 3.85. The molecule has 0 radical (unpaired) electrons. The molecule has 2 heterocycles. The number of rotatable bonds is 5. The first-order valence-electron chi connectivity index (χ1n) is 8.92. The van der Waals surface area contributed by atoms with Crippen molar-refractivity contribution in [1.29, 1.82) is 0 Å². The number of nitrogens with zero attached hydrogens (tertiary/aromatic N) is 2. The number of hydrogen-bond donors (Lipinski definition) is 0. The molecule has 26 heavy (non-hydrogen) atoms. The Balaban J connectivity index is 1.50. The van der Waals surface area contributed by atoms with Crippen molar-refractivity contribution in [3.63, 3.8) is 0 Å². The number of methoxy groups -OCH3 is 2. The van der Waals surface area contributed by atoms with Crippen molar-refractivity contribution in [2.75, 3.05) is 27.3 Å². The summed E-state index contributed by atoms with van der Waals surface area (Å²) < 4.78 is 11.0. The van der Waals surface area contributed by atoms with Crippen LogP contribution in [0.1, 0.15) is 16.7 Å². The SMILES string of the molecule is COc1cccc(CN2C[C@@H]3ON=C(c4ccc(C)cc4)[C@@H]3C2)c1OC. The van der Waals surface area contributed by atoms with E-state index in [4.69, 9.17) is 14.3 Å². The molecule has 2 aromatic rings. The van der Waals surface area contributed by atoms with Gasteiger partial charge in [-0.3, -0.25) is 4.90 Å². The van der Waals surface area contributed by atoms with Gasteiger partial charge in [0.1, 0.15) is 6.10 Å². The Morgan fingerprint density at radius 3 is 2.62 bits per heavy atom. The Morgan fingerprint density at radius 2 is 1.88 bits per heavy atom. The smallest absolute Gasteiger partial charge is 0.165 e. The maximum atomic E-state index is 5.73. The summed E-state index contributed by atoms with van der Waals surface area (Å²) in [5, 5.41) is 4.37. The van der Waals surface area contributed by atoms with E-state index in [-0.39, 0.29) is 6.10 Å². The van der Waals surface area contributed by atoms with Crippen LogP contribution >= 0.6 is 0 Å². The van der Waals surface area contributed by atoms with Gasteiger partial charge in [-0.1, -0.05) is 47.1 Å². The standard InChI is InChI=1S/C21H24N2O3/c1-14-7-9-15(10-8-14)20-17-12-23(13-19(17)26-22-20)11-16-5-4-6-18(24-2)21(16)25-3/h4-10,17,19H,11-13H2,1-3H3/t17-,19+/m1/s1. The van der Waals surface area contributed by atoms with E-state index in [0.717, 1.165) is 48.0 Å². The van der Waals surface area contributed by atoms with E-state index >= 15 is 0 Å². The average molecular weight is 352 g/mol. The summed E-state index contributed by atoms with van der Waals surface area (Å²) in [4.78, 5) is 8.13. The predicted octanol–water partition coefficient (Wildman–Crippen LogP) is 3.25. The van der Waals surface area contributed by atoms with Crippen molar-refractivity contribution in [2.45, 2.75) is 19.6 Å². The second-order valence-electron chi connectivity index (χ2n) is 6.94. The van der Waals surface area contributed by atoms with Crippen LogP contribution in [0.15, 0.2) is 47.6 Å². The third-order valence-electron chi connectivity index (χ3n) is 5.21. The highest BCUT2D eigenvalue weighted by molar-refractivity contribution is 6.03. The number of hydrogen-bond acceptors (Lipinski definition) is 5. The highest BCUT2D eigenvalue weighted by Gasteiger charge is 2.42. The van der Waals surface area contributed by atoms with Crippen LogP contribution in [0.4, 0.5) is 0 Å². The maximum Gasteiger partial charge on any atom is 0.165 e. The zero-order valence-corrected chi connectivity index (χ0v) is 15.4. The van der Waals surface area contributed by atoms with Crippen LogP contribution in [-0.4, -0.2) is 44.0 Å². The third kappa shape index (κ3) is 3.03. The van der Waals surface area contributed by atoms with Gasteiger partial charge in [-0.15, -0.1) is 0 Å². The molecule has 2 aromatic carbocycles. The van der Waals surface area contributed by atoms with Crippen molar-refractivity contribution in [2.24, 2.45) is 11.1 Å². The van der Waals surface area contributed by atoms with Gasteiger partial charge in [-0.25, -0.2) is 0 Å². The molecule has 0 saturated carbocycles. The summed E-state index contributed by atoms with van der Waals surface area (Å²) in [6.45, 7) is 4.69. The van der Waals surface area contributed by atoms with Crippen LogP contribution < -0.4 is 9.47 Å². The minimum Gasteiger partial charge on any atom is -0.493 e. The quantitative estimate of drug-likeness (QED) is 0.829. The molecule has 0 amide bonds. The topological polar surface area (TPSA) is 43.3 Å². The molecule has 0 spiro atoms. The van der Waals surface area contributed by atoms with Crippen LogP contribution in [0.3, 0.4) is 0 Å². The lowest BCUT2D eigenvalue weighted by Gasteiger charge is -2.19. The van der Waals surface area contributed by atoms with Gasteiger partial charge in [-0.2, -0.15) is 0 Å². The molecule has 5 heteroatoms. The van der Waals surface area contributed by atoms with Crippen LogP contribution in [0.25, 0.3) is 0 Å². The number of ether oxygens (including phenoxy) is 2.